The fourth-order valence-corrected chi connectivity index (χ4v) is 3.73. The number of allylic oxidation sites excluding steroid dienone is 4. The Balaban J connectivity index is 2.64. The molecule has 0 radical (unpaired) electrons. The molecule has 0 saturated carbocycles. The van der Waals surface area contributed by atoms with E-state index in [1.807, 2.05) is 12.2 Å². The summed E-state index contributed by atoms with van der Waals surface area (Å²) in [4.78, 5) is 0. The number of hydrazone groups is 1. The van der Waals surface area contributed by atoms with Crippen LogP contribution in [0.25, 0.3) is 0 Å². The van der Waals surface area contributed by atoms with Crippen LogP contribution in [0.4, 0.5) is 5.69 Å². The van der Waals surface area contributed by atoms with Gasteiger partial charge in [-0.2, -0.15) is 5.10 Å². The molecule has 0 aliphatic heterocycles. The topological polar surface area (TPSA) is 57.5 Å². The van der Waals surface area contributed by atoms with Gasteiger partial charge in [0, 0.05) is 14.5 Å². The summed E-state index contributed by atoms with van der Waals surface area (Å²) in [6, 6.07) is 4.40. The van der Waals surface area contributed by atoms with Gasteiger partial charge in [0.05, 0.1) is 18.5 Å². The smallest absolute Gasteiger partial charge is 0.147 e. The summed E-state index contributed by atoms with van der Waals surface area (Å²) in [5.41, 5.74) is 7.26. The van der Waals surface area contributed by atoms with Crippen LogP contribution in [-0.4, -0.2) is 18.5 Å². The quantitative estimate of drug-likeness (QED) is 0.288. The van der Waals surface area contributed by atoms with Gasteiger partial charge < -0.3 is 4.74 Å². The standard InChI is InChI=1S/C23H31Br2N3O/c1-8-22(3,4)14-12-15(23(5,6)9-2)21(29-7)18(13-14)27-28-20-17(25)11-10-16(24)19(20)26/h10-13,26-27H,8-9H2,1-7H3/b26-19?,28-20-. The molecule has 0 heterocycles. The van der Waals surface area contributed by atoms with Crippen molar-refractivity contribution in [2.45, 2.75) is 65.2 Å². The molecular formula is C23H31Br2N3O. The molecule has 0 atom stereocenters. The van der Waals surface area contributed by atoms with Crippen molar-refractivity contribution >= 4 is 49.0 Å². The van der Waals surface area contributed by atoms with Crippen molar-refractivity contribution in [2.75, 3.05) is 12.5 Å². The largest absolute Gasteiger partial charge is 0.494 e. The Morgan fingerprint density at radius 3 is 2.14 bits per heavy atom. The average molecular weight is 525 g/mol. The summed E-state index contributed by atoms with van der Waals surface area (Å²) < 4.78 is 7.30. The Labute approximate surface area is 191 Å². The van der Waals surface area contributed by atoms with Crippen molar-refractivity contribution in [3.05, 3.63) is 44.4 Å². The molecule has 29 heavy (non-hydrogen) atoms. The number of halogens is 2. The van der Waals surface area contributed by atoms with Gasteiger partial charge in [0.15, 0.2) is 0 Å². The molecule has 158 valence electrons. The normalized spacial score (nSPS) is 16.6. The van der Waals surface area contributed by atoms with Crippen molar-refractivity contribution in [1.82, 2.24) is 0 Å². The minimum atomic E-state index is -0.0431. The number of hydrogen-bond acceptors (Lipinski definition) is 4. The number of benzene rings is 1. The molecule has 2 rings (SSSR count). The predicted molar refractivity (Wildman–Crippen MR) is 132 cm³/mol. The zero-order chi connectivity index (χ0) is 22.0. The first-order chi connectivity index (χ1) is 13.5. The number of methoxy groups -OCH3 is 1. The molecule has 0 fully saturated rings. The van der Waals surface area contributed by atoms with Crippen molar-refractivity contribution < 1.29 is 4.74 Å². The van der Waals surface area contributed by atoms with Crippen LogP contribution in [0.2, 0.25) is 0 Å². The van der Waals surface area contributed by atoms with Crippen LogP contribution in [0.5, 0.6) is 5.75 Å². The second-order valence-corrected chi connectivity index (χ2v) is 10.3. The van der Waals surface area contributed by atoms with E-state index in [9.17, 15) is 0 Å². The third-order valence-electron chi connectivity index (χ3n) is 5.94. The van der Waals surface area contributed by atoms with Gasteiger partial charge in [-0.05, 0) is 79.3 Å². The Hall–Kier alpha value is -1.40. The zero-order valence-corrected chi connectivity index (χ0v) is 21.5. The first kappa shape index (κ1) is 23.9. The van der Waals surface area contributed by atoms with Crippen molar-refractivity contribution in [3.63, 3.8) is 0 Å². The summed E-state index contributed by atoms with van der Waals surface area (Å²) in [5.74, 6) is 0.800. The maximum absolute atomic E-state index is 8.30. The number of nitrogens with zero attached hydrogens (tertiary/aromatic N) is 1. The molecule has 0 aromatic heterocycles. The van der Waals surface area contributed by atoms with Crippen LogP contribution < -0.4 is 10.2 Å². The monoisotopic (exact) mass is 523 g/mol. The average Bonchev–Trinajstić information content (AvgIpc) is 2.70. The van der Waals surface area contributed by atoms with E-state index in [2.05, 4.69) is 96.1 Å². The minimum absolute atomic E-state index is 0.0260. The predicted octanol–water partition coefficient (Wildman–Crippen LogP) is 7.43. The fraction of sp³-hybridized carbons (Fsp3) is 0.478. The van der Waals surface area contributed by atoms with Crippen LogP contribution >= 0.6 is 31.9 Å². The molecule has 1 aromatic rings. The highest BCUT2D eigenvalue weighted by Gasteiger charge is 2.29. The summed E-state index contributed by atoms with van der Waals surface area (Å²) in [6.07, 6.45) is 5.72. The second kappa shape index (κ2) is 9.17. The van der Waals surface area contributed by atoms with Crippen molar-refractivity contribution in [2.24, 2.45) is 5.10 Å². The van der Waals surface area contributed by atoms with Gasteiger partial charge in [-0.15, -0.1) is 0 Å². The van der Waals surface area contributed by atoms with E-state index >= 15 is 0 Å². The Morgan fingerprint density at radius 2 is 1.59 bits per heavy atom. The second-order valence-electron chi connectivity index (χ2n) is 8.56. The van der Waals surface area contributed by atoms with Crippen LogP contribution in [0.15, 0.2) is 38.4 Å². The Morgan fingerprint density at radius 1 is 1.00 bits per heavy atom. The highest BCUT2D eigenvalue weighted by Crippen LogP contribution is 2.43. The maximum Gasteiger partial charge on any atom is 0.147 e. The van der Waals surface area contributed by atoms with Crippen molar-refractivity contribution in [3.8, 4) is 5.75 Å². The highest BCUT2D eigenvalue weighted by atomic mass is 79.9. The molecular weight excluding hydrogens is 494 g/mol. The maximum atomic E-state index is 8.30. The van der Waals surface area contributed by atoms with Gasteiger partial charge in [-0.1, -0.05) is 47.6 Å². The SMILES string of the molecule is CCC(C)(C)c1cc(N/N=C2\C(=N)C(Br)=CC=C2Br)c(OC)c(C(C)(C)CC)c1. The lowest BCUT2D eigenvalue weighted by molar-refractivity contribution is 0.389. The molecule has 1 aliphatic carbocycles. The third kappa shape index (κ3) is 5.02. The van der Waals surface area contributed by atoms with E-state index in [0.29, 0.717) is 15.9 Å². The van der Waals surface area contributed by atoms with Crippen LogP contribution in [0.1, 0.15) is 65.5 Å². The first-order valence-electron chi connectivity index (χ1n) is 9.87. The van der Waals surface area contributed by atoms with Crippen LogP contribution in [-0.2, 0) is 10.8 Å². The highest BCUT2D eigenvalue weighted by molar-refractivity contribution is 9.12. The van der Waals surface area contributed by atoms with Gasteiger partial charge in [-0.25, -0.2) is 0 Å². The number of nitrogens with one attached hydrogen (secondary N) is 2. The molecule has 0 saturated heterocycles. The first-order valence-corrected chi connectivity index (χ1v) is 11.5. The summed E-state index contributed by atoms with van der Waals surface area (Å²) >= 11 is 6.91. The molecule has 1 aliphatic rings. The van der Waals surface area contributed by atoms with Crippen molar-refractivity contribution in [1.29, 1.82) is 5.41 Å². The minimum Gasteiger partial charge on any atom is -0.494 e. The van der Waals surface area contributed by atoms with Crippen LogP contribution in [0.3, 0.4) is 0 Å². The lowest BCUT2D eigenvalue weighted by atomic mass is 9.76. The van der Waals surface area contributed by atoms with Crippen LogP contribution in [0, 0.1) is 5.41 Å². The third-order valence-corrected chi connectivity index (χ3v) is 7.24. The molecule has 0 unspecified atom stereocenters. The van der Waals surface area contributed by atoms with E-state index in [4.69, 9.17) is 10.1 Å². The number of rotatable bonds is 7. The van der Waals surface area contributed by atoms with E-state index < -0.39 is 0 Å². The molecule has 1 aromatic carbocycles. The summed E-state index contributed by atoms with van der Waals surface area (Å²) in [5, 5.41) is 12.8. The van der Waals surface area contributed by atoms with Gasteiger partial charge in [-0.3, -0.25) is 10.8 Å². The summed E-state index contributed by atoms with van der Waals surface area (Å²) in [7, 11) is 1.70. The number of anilines is 1. The lowest BCUT2D eigenvalue weighted by Crippen LogP contribution is -2.22. The molecule has 0 bridgehead atoms. The lowest BCUT2D eigenvalue weighted by Gasteiger charge is -2.31. The number of hydrogen-bond donors (Lipinski definition) is 2. The van der Waals surface area contributed by atoms with Gasteiger partial charge in [0.25, 0.3) is 0 Å². The molecule has 0 amide bonds. The zero-order valence-electron chi connectivity index (χ0n) is 18.3. The molecule has 0 spiro atoms. The summed E-state index contributed by atoms with van der Waals surface area (Å²) in [6.45, 7) is 13.4. The number of ether oxygens (including phenoxy) is 1. The Bertz CT molecular complexity index is 892. The van der Waals surface area contributed by atoms with E-state index in [1.54, 1.807) is 7.11 Å². The van der Waals surface area contributed by atoms with Gasteiger partial charge in [0.1, 0.15) is 11.5 Å². The molecule has 6 heteroatoms. The van der Waals surface area contributed by atoms with E-state index in [-0.39, 0.29) is 10.8 Å². The Kier molecular flexibility index (Phi) is 7.55. The van der Waals surface area contributed by atoms with Gasteiger partial charge in [0.2, 0.25) is 0 Å². The molecule has 2 N–H and O–H groups in total. The van der Waals surface area contributed by atoms with Gasteiger partial charge >= 0.3 is 0 Å². The van der Waals surface area contributed by atoms with E-state index in [0.717, 1.165) is 28.8 Å². The van der Waals surface area contributed by atoms with E-state index in [1.165, 1.54) is 11.1 Å². The fourth-order valence-electron chi connectivity index (χ4n) is 2.99. The molecule has 4 nitrogen and oxygen atoms in total.